The van der Waals surface area contributed by atoms with Crippen LogP contribution in [0.1, 0.15) is 44.6 Å². The van der Waals surface area contributed by atoms with Gasteiger partial charge in [0.2, 0.25) is 5.91 Å². The molecule has 104 valence electrons. The van der Waals surface area contributed by atoms with Crippen LogP contribution in [0.5, 0.6) is 5.75 Å². The standard InChI is InChI=1S/C16H23NO2/c1-16(9-5-2-6-10-16)12-17-15(19)11-13-7-3-4-8-14(13)18/h3-4,7-8,18H,2,5-6,9-12H2,1H3,(H,17,19). The van der Waals surface area contributed by atoms with Gasteiger partial charge in [-0.1, -0.05) is 44.4 Å². The predicted molar refractivity (Wildman–Crippen MR) is 76.0 cm³/mol. The van der Waals surface area contributed by atoms with Crippen molar-refractivity contribution in [1.29, 1.82) is 0 Å². The van der Waals surface area contributed by atoms with Gasteiger partial charge in [0.25, 0.3) is 0 Å². The minimum absolute atomic E-state index is 0.00621. The van der Waals surface area contributed by atoms with Crippen LogP contribution in [-0.2, 0) is 11.2 Å². The average Bonchev–Trinajstić information content (AvgIpc) is 2.40. The van der Waals surface area contributed by atoms with Gasteiger partial charge in [0.1, 0.15) is 5.75 Å². The van der Waals surface area contributed by atoms with E-state index in [4.69, 9.17) is 0 Å². The van der Waals surface area contributed by atoms with Gasteiger partial charge in [0.05, 0.1) is 6.42 Å². The van der Waals surface area contributed by atoms with E-state index in [9.17, 15) is 9.90 Å². The fourth-order valence-corrected chi connectivity index (χ4v) is 2.79. The number of amides is 1. The summed E-state index contributed by atoms with van der Waals surface area (Å²) in [5.74, 6) is 0.190. The second-order valence-electron chi connectivity index (χ2n) is 5.95. The minimum Gasteiger partial charge on any atom is -0.508 e. The maximum Gasteiger partial charge on any atom is 0.224 e. The molecule has 0 atom stereocenters. The Morgan fingerprint density at radius 3 is 2.63 bits per heavy atom. The minimum atomic E-state index is -0.00621. The summed E-state index contributed by atoms with van der Waals surface area (Å²) in [5, 5.41) is 12.7. The highest BCUT2D eigenvalue weighted by molar-refractivity contribution is 5.79. The van der Waals surface area contributed by atoms with Crippen LogP contribution in [0.25, 0.3) is 0 Å². The van der Waals surface area contributed by atoms with Crippen LogP contribution >= 0.6 is 0 Å². The zero-order valence-electron chi connectivity index (χ0n) is 11.6. The van der Waals surface area contributed by atoms with Gasteiger partial charge in [-0.15, -0.1) is 0 Å². The van der Waals surface area contributed by atoms with E-state index >= 15 is 0 Å². The Balaban J connectivity index is 1.83. The van der Waals surface area contributed by atoms with Gasteiger partial charge in [-0.2, -0.15) is 0 Å². The Morgan fingerprint density at radius 1 is 1.26 bits per heavy atom. The third-order valence-corrected chi connectivity index (χ3v) is 4.12. The quantitative estimate of drug-likeness (QED) is 0.875. The molecule has 1 saturated carbocycles. The van der Waals surface area contributed by atoms with E-state index in [1.807, 2.05) is 6.07 Å². The molecule has 1 aliphatic rings. The molecule has 1 aliphatic carbocycles. The lowest BCUT2D eigenvalue weighted by Gasteiger charge is -2.33. The van der Waals surface area contributed by atoms with E-state index in [2.05, 4.69) is 12.2 Å². The number of nitrogens with one attached hydrogen (secondary N) is 1. The monoisotopic (exact) mass is 261 g/mol. The van der Waals surface area contributed by atoms with Crippen molar-refractivity contribution in [3.63, 3.8) is 0 Å². The molecule has 0 heterocycles. The van der Waals surface area contributed by atoms with Gasteiger partial charge < -0.3 is 10.4 Å². The molecule has 1 fully saturated rings. The van der Waals surface area contributed by atoms with E-state index in [1.54, 1.807) is 18.2 Å². The second-order valence-corrected chi connectivity index (χ2v) is 5.95. The topological polar surface area (TPSA) is 49.3 Å². The number of carbonyl (C=O) groups is 1. The summed E-state index contributed by atoms with van der Waals surface area (Å²) in [6.45, 7) is 3.01. The number of carbonyl (C=O) groups excluding carboxylic acids is 1. The van der Waals surface area contributed by atoms with Crippen LogP contribution in [0.3, 0.4) is 0 Å². The Bertz CT molecular complexity index is 436. The van der Waals surface area contributed by atoms with E-state index < -0.39 is 0 Å². The van der Waals surface area contributed by atoms with Crippen LogP contribution in [-0.4, -0.2) is 17.6 Å². The van der Waals surface area contributed by atoms with Gasteiger partial charge in [-0.05, 0) is 24.3 Å². The summed E-state index contributed by atoms with van der Waals surface area (Å²) in [4.78, 5) is 11.9. The molecular weight excluding hydrogens is 238 g/mol. The first kappa shape index (κ1) is 13.9. The van der Waals surface area contributed by atoms with Gasteiger partial charge in [-0.25, -0.2) is 0 Å². The highest BCUT2D eigenvalue weighted by Gasteiger charge is 2.27. The van der Waals surface area contributed by atoms with Crippen molar-refractivity contribution in [2.24, 2.45) is 5.41 Å². The summed E-state index contributed by atoms with van der Waals surface area (Å²) in [7, 11) is 0. The van der Waals surface area contributed by atoms with Gasteiger partial charge in [0, 0.05) is 12.1 Å². The number of para-hydroxylation sites is 1. The number of hydrogen-bond donors (Lipinski definition) is 2. The van der Waals surface area contributed by atoms with Crippen molar-refractivity contribution in [1.82, 2.24) is 5.32 Å². The predicted octanol–water partition coefficient (Wildman–Crippen LogP) is 3.02. The molecule has 0 unspecified atom stereocenters. The molecule has 2 N–H and O–H groups in total. The van der Waals surface area contributed by atoms with Crippen LogP contribution < -0.4 is 5.32 Å². The SMILES string of the molecule is CC1(CNC(=O)Cc2ccccc2O)CCCCC1. The number of aromatic hydroxyl groups is 1. The maximum absolute atomic E-state index is 11.9. The molecular formula is C16H23NO2. The Kier molecular flexibility index (Phi) is 4.46. The lowest BCUT2D eigenvalue weighted by molar-refractivity contribution is -0.121. The summed E-state index contributed by atoms with van der Waals surface area (Å²) in [6, 6.07) is 7.01. The van der Waals surface area contributed by atoms with Crippen molar-refractivity contribution >= 4 is 5.91 Å². The fourth-order valence-electron chi connectivity index (χ4n) is 2.79. The summed E-state index contributed by atoms with van der Waals surface area (Å²) in [5.41, 5.74) is 0.945. The molecule has 19 heavy (non-hydrogen) atoms. The molecule has 0 aromatic heterocycles. The van der Waals surface area contributed by atoms with Crippen LogP contribution in [0, 0.1) is 5.41 Å². The molecule has 2 rings (SSSR count). The van der Waals surface area contributed by atoms with Gasteiger partial charge >= 0.3 is 0 Å². The van der Waals surface area contributed by atoms with Gasteiger partial charge in [0.15, 0.2) is 0 Å². The van der Waals surface area contributed by atoms with E-state index in [0.29, 0.717) is 5.56 Å². The van der Waals surface area contributed by atoms with Crippen LogP contribution in [0.15, 0.2) is 24.3 Å². The molecule has 0 saturated heterocycles. The Morgan fingerprint density at radius 2 is 1.95 bits per heavy atom. The smallest absolute Gasteiger partial charge is 0.224 e. The normalized spacial score (nSPS) is 17.9. The molecule has 0 aliphatic heterocycles. The number of benzene rings is 1. The van der Waals surface area contributed by atoms with Crippen molar-refractivity contribution in [3.05, 3.63) is 29.8 Å². The molecule has 0 bridgehead atoms. The summed E-state index contributed by atoms with van der Waals surface area (Å²) < 4.78 is 0. The van der Waals surface area contributed by atoms with E-state index in [0.717, 1.165) is 6.54 Å². The van der Waals surface area contributed by atoms with E-state index in [-0.39, 0.29) is 23.5 Å². The van der Waals surface area contributed by atoms with Crippen molar-refractivity contribution < 1.29 is 9.90 Å². The zero-order valence-corrected chi connectivity index (χ0v) is 11.6. The van der Waals surface area contributed by atoms with Crippen LogP contribution in [0.4, 0.5) is 0 Å². The molecule has 3 heteroatoms. The van der Waals surface area contributed by atoms with Gasteiger partial charge in [-0.3, -0.25) is 4.79 Å². The number of phenolic OH excluding ortho intramolecular Hbond substituents is 1. The third-order valence-electron chi connectivity index (χ3n) is 4.12. The maximum atomic E-state index is 11.9. The molecule has 3 nitrogen and oxygen atoms in total. The first-order valence-electron chi connectivity index (χ1n) is 7.13. The van der Waals surface area contributed by atoms with Crippen LogP contribution in [0.2, 0.25) is 0 Å². The number of phenols is 1. The lowest BCUT2D eigenvalue weighted by atomic mass is 9.76. The van der Waals surface area contributed by atoms with Crippen molar-refractivity contribution in [2.75, 3.05) is 6.54 Å². The summed E-state index contributed by atoms with van der Waals surface area (Å²) >= 11 is 0. The number of hydrogen-bond acceptors (Lipinski definition) is 2. The Hall–Kier alpha value is -1.51. The van der Waals surface area contributed by atoms with E-state index in [1.165, 1.54) is 32.1 Å². The Labute approximate surface area is 115 Å². The second kappa shape index (κ2) is 6.09. The average molecular weight is 261 g/mol. The molecule has 1 amide bonds. The highest BCUT2D eigenvalue weighted by atomic mass is 16.3. The summed E-state index contributed by atoms with van der Waals surface area (Å²) in [6.07, 6.45) is 6.51. The molecule has 1 aromatic rings. The zero-order chi connectivity index (χ0) is 13.7. The molecule has 0 radical (unpaired) electrons. The number of rotatable bonds is 4. The first-order valence-corrected chi connectivity index (χ1v) is 7.13. The third kappa shape index (κ3) is 3.98. The first-order chi connectivity index (χ1) is 9.09. The van der Waals surface area contributed by atoms with Crippen molar-refractivity contribution in [3.8, 4) is 5.75 Å². The molecule has 1 aromatic carbocycles. The largest absolute Gasteiger partial charge is 0.508 e. The van der Waals surface area contributed by atoms with Crippen molar-refractivity contribution in [2.45, 2.75) is 45.4 Å². The fraction of sp³-hybridized carbons (Fsp3) is 0.562. The lowest BCUT2D eigenvalue weighted by Crippen LogP contribution is -2.37. The highest BCUT2D eigenvalue weighted by Crippen LogP contribution is 2.34. The molecule has 0 spiro atoms.